The zero-order chi connectivity index (χ0) is 19.6. The number of carbonyl (C=O) groups is 1. The van der Waals surface area contributed by atoms with E-state index in [0.29, 0.717) is 0 Å². The van der Waals surface area contributed by atoms with Gasteiger partial charge >= 0.3 is 0 Å². The summed E-state index contributed by atoms with van der Waals surface area (Å²) in [6, 6.07) is -1.19. The second-order valence-electron chi connectivity index (χ2n) is 6.30. The van der Waals surface area contributed by atoms with Gasteiger partial charge in [0, 0.05) is 6.92 Å². The SMILES string of the molecule is CC(=O)N[C@@H]1[C@H](OC[C@H]2O[C@H](O)[C@H](O)[C@@H](O)[C@H]2O)O[C@H](CO)[C@@H](O)[C@@H]1O. The molecule has 2 aliphatic heterocycles. The van der Waals surface area contributed by atoms with Crippen LogP contribution in [0.15, 0.2) is 0 Å². The number of aliphatic hydroxyl groups is 7. The van der Waals surface area contributed by atoms with Crippen LogP contribution >= 0.6 is 0 Å². The van der Waals surface area contributed by atoms with Crippen LogP contribution in [-0.2, 0) is 19.0 Å². The van der Waals surface area contributed by atoms with Gasteiger partial charge in [-0.3, -0.25) is 4.79 Å². The van der Waals surface area contributed by atoms with Crippen LogP contribution in [0, 0.1) is 0 Å². The molecule has 2 fully saturated rings. The van der Waals surface area contributed by atoms with Crippen LogP contribution in [0.1, 0.15) is 6.92 Å². The summed E-state index contributed by atoms with van der Waals surface area (Å²) in [6.07, 6.45) is -13.5. The lowest BCUT2D eigenvalue weighted by molar-refractivity contribution is -0.311. The number of carbonyl (C=O) groups excluding carboxylic acids is 1. The number of amides is 1. The molecule has 2 saturated heterocycles. The summed E-state index contributed by atoms with van der Waals surface area (Å²) in [4.78, 5) is 11.3. The van der Waals surface area contributed by atoms with Gasteiger partial charge in [-0.2, -0.15) is 0 Å². The van der Waals surface area contributed by atoms with Crippen molar-refractivity contribution in [2.45, 2.75) is 68.3 Å². The van der Waals surface area contributed by atoms with E-state index in [1.54, 1.807) is 0 Å². The summed E-state index contributed by atoms with van der Waals surface area (Å²) < 4.78 is 15.7. The molecule has 10 atom stereocenters. The van der Waals surface area contributed by atoms with Gasteiger partial charge in [0.2, 0.25) is 5.91 Å². The molecule has 2 rings (SSSR count). The van der Waals surface area contributed by atoms with Gasteiger partial charge in [-0.05, 0) is 0 Å². The van der Waals surface area contributed by atoms with Gasteiger partial charge in [-0.1, -0.05) is 0 Å². The zero-order valence-electron chi connectivity index (χ0n) is 14.0. The van der Waals surface area contributed by atoms with Crippen LogP contribution in [-0.4, -0.2) is 116 Å². The lowest BCUT2D eigenvalue weighted by Gasteiger charge is -2.43. The first-order chi connectivity index (χ1) is 12.2. The molecule has 8 N–H and O–H groups in total. The summed E-state index contributed by atoms with van der Waals surface area (Å²) in [5.74, 6) is -0.538. The monoisotopic (exact) mass is 383 g/mol. The van der Waals surface area contributed by atoms with Crippen LogP contribution in [0.5, 0.6) is 0 Å². The maximum absolute atomic E-state index is 11.3. The van der Waals surface area contributed by atoms with E-state index in [9.17, 15) is 40.5 Å². The van der Waals surface area contributed by atoms with Crippen LogP contribution in [0.2, 0.25) is 0 Å². The Morgan fingerprint density at radius 3 is 2.12 bits per heavy atom. The molecule has 0 aromatic carbocycles. The molecule has 0 aromatic rings. The highest BCUT2D eigenvalue weighted by atomic mass is 16.7. The lowest BCUT2D eigenvalue weighted by atomic mass is 9.96. The molecule has 0 aliphatic carbocycles. The lowest BCUT2D eigenvalue weighted by Crippen LogP contribution is -2.65. The highest BCUT2D eigenvalue weighted by molar-refractivity contribution is 5.73. The molecule has 12 nitrogen and oxygen atoms in total. The van der Waals surface area contributed by atoms with Crippen LogP contribution in [0.25, 0.3) is 0 Å². The minimum atomic E-state index is -1.75. The highest BCUT2D eigenvalue weighted by Gasteiger charge is 2.47. The fourth-order valence-corrected chi connectivity index (χ4v) is 2.87. The Hall–Kier alpha value is -0.930. The Bertz CT molecular complexity index is 480. The van der Waals surface area contributed by atoms with Gasteiger partial charge < -0.3 is 55.3 Å². The molecular weight excluding hydrogens is 358 g/mol. The van der Waals surface area contributed by atoms with E-state index in [4.69, 9.17) is 14.2 Å². The van der Waals surface area contributed by atoms with Gasteiger partial charge in [0.1, 0.15) is 48.8 Å². The Balaban J connectivity index is 2.05. The first kappa shape index (κ1) is 21.4. The number of aliphatic hydroxyl groups excluding tert-OH is 7. The molecule has 0 aromatic heterocycles. The Morgan fingerprint density at radius 1 is 0.923 bits per heavy atom. The summed E-state index contributed by atoms with van der Waals surface area (Å²) in [5.41, 5.74) is 0. The molecule has 0 bridgehead atoms. The normalized spacial score (nSPS) is 46.8. The van der Waals surface area contributed by atoms with Crippen molar-refractivity contribution in [3.05, 3.63) is 0 Å². The molecular formula is C14H25NO11. The van der Waals surface area contributed by atoms with E-state index in [2.05, 4.69) is 5.32 Å². The van der Waals surface area contributed by atoms with Gasteiger partial charge in [-0.25, -0.2) is 0 Å². The average molecular weight is 383 g/mol. The second-order valence-corrected chi connectivity index (χ2v) is 6.30. The number of hydrogen-bond acceptors (Lipinski definition) is 11. The maximum Gasteiger partial charge on any atom is 0.217 e. The number of nitrogens with one attached hydrogen (secondary N) is 1. The molecule has 0 spiro atoms. The average Bonchev–Trinajstić information content (AvgIpc) is 2.60. The van der Waals surface area contributed by atoms with Crippen LogP contribution < -0.4 is 5.32 Å². The van der Waals surface area contributed by atoms with Gasteiger partial charge in [0.15, 0.2) is 12.6 Å². The Labute approximate surface area is 148 Å². The van der Waals surface area contributed by atoms with Crippen molar-refractivity contribution in [2.75, 3.05) is 13.2 Å². The first-order valence-electron chi connectivity index (χ1n) is 8.06. The predicted molar refractivity (Wildman–Crippen MR) is 80.2 cm³/mol. The van der Waals surface area contributed by atoms with E-state index in [1.165, 1.54) is 6.92 Å². The quantitative estimate of drug-likeness (QED) is 0.226. The van der Waals surface area contributed by atoms with Gasteiger partial charge in [0.05, 0.1) is 13.2 Å². The molecule has 1 amide bonds. The van der Waals surface area contributed by atoms with Crippen molar-refractivity contribution in [2.24, 2.45) is 0 Å². The summed E-state index contributed by atoms with van der Waals surface area (Å²) in [5, 5.41) is 70.1. The van der Waals surface area contributed by atoms with E-state index in [1.807, 2.05) is 0 Å². The summed E-state index contributed by atoms with van der Waals surface area (Å²) >= 11 is 0. The number of ether oxygens (including phenoxy) is 3. The zero-order valence-corrected chi connectivity index (χ0v) is 14.0. The van der Waals surface area contributed by atoms with Crippen molar-refractivity contribution in [1.82, 2.24) is 5.32 Å². The molecule has 0 unspecified atom stereocenters. The van der Waals surface area contributed by atoms with Crippen molar-refractivity contribution in [1.29, 1.82) is 0 Å². The fourth-order valence-electron chi connectivity index (χ4n) is 2.87. The Morgan fingerprint density at radius 2 is 1.54 bits per heavy atom. The van der Waals surface area contributed by atoms with Crippen molar-refractivity contribution < 1.29 is 54.8 Å². The molecule has 152 valence electrons. The third-order valence-corrected chi connectivity index (χ3v) is 4.36. The summed E-state index contributed by atoms with van der Waals surface area (Å²) in [7, 11) is 0. The molecule has 2 heterocycles. The molecule has 0 radical (unpaired) electrons. The predicted octanol–water partition coefficient (Wildman–Crippen LogP) is -5.25. The number of rotatable bonds is 5. The second kappa shape index (κ2) is 8.84. The van der Waals surface area contributed by atoms with Crippen molar-refractivity contribution >= 4 is 5.91 Å². The largest absolute Gasteiger partial charge is 0.394 e. The minimum Gasteiger partial charge on any atom is -0.394 e. The van der Waals surface area contributed by atoms with Gasteiger partial charge in [0.25, 0.3) is 0 Å². The fraction of sp³-hybridized carbons (Fsp3) is 0.929. The van der Waals surface area contributed by atoms with Gasteiger partial charge in [-0.15, -0.1) is 0 Å². The van der Waals surface area contributed by atoms with Crippen LogP contribution in [0.4, 0.5) is 0 Å². The molecule has 26 heavy (non-hydrogen) atoms. The van der Waals surface area contributed by atoms with Crippen molar-refractivity contribution in [3.8, 4) is 0 Å². The molecule has 12 heteroatoms. The first-order valence-corrected chi connectivity index (χ1v) is 8.06. The third kappa shape index (κ3) is 4.48. The maximum atomic E-state index is 11.3. The van der Waals surface area contributed by atoms with Crippen LogP contribution in [0.3, 0.4) is 0 Å². The topological polar surface area (TPSA) is 198 Å². The highest BCUT2D eigenvalue weighted by Crippen LogP contribution is 2.25. The standard InChI is InChI=1S/C14H25NO11/c1-4(17)15-7-10(20)8(18)5(2-16)26-14(7)24-3-6-9(19)11(21)12(22)13(23)25-6/h5-14,16,18-23H,2-3H2,1H3,(H,15,17)/t5-,6-,7+,8-,9+,10-,11+,12-,13+,14-/m1/s1. The van der Waals surface area contributed by atoms with Crippen molar-refractivity contribution in [3.63, 3.8) is 0 Å². The van der Waals surface area contributed by atoms with E-state index < -0.39 is 80.5 Å². The van der Waals surface area contributed by atoms with E-state index >= 15 is 0 Å². The number of hydrogen-bond donors (Lipinski definition) is 8. The summed E-state index contributed by atoms with van der Waals surface area (Å²) in [6.45, 7) is 0.0944. The van der Waals surface area contributed by atoms with E-state index in [-0.39, 0.29) is 0 Å². The molecule has 0 saturated carbocycles. The smallest absolute Gasteiger partial charge is 0.217 e. The minimum absolute atomic E-state index is 0.455. The Kier molecular flexibility index (Phi) is 7.27. The third-order valence-electron chi connectivity index (χ3n) is 4.36. The van der Waals surface area contributed by atoms with E-state index in [0.717, 1.165) is 0 Å². The molecule has 2 aliphatic rings.